The summed E-state index contributed by atoms with van der Waals surface area (Å²) in [7, 11) is -3.69. The zero-order chi connectivity index (χ0) is 15.7. The van der Waals surface area contributed by atoms with Gasteiger partial charge in [0, 0.05) is 12.1 Å². The maximum absolute atomic E-state index is 12.3. The summed E-state index contributed by atoms with van der Waals surface area (Å²) in [5, 5.41) is 0. The maximum Gasteiger partial charge on any atom is 0.248 e. The first-order valence-corrected chi connectivity index (χ1v) is 8.41. The zero-order valence-electron chi connectivity index (χ0n) is 12.1. The van der Waals surface area contributed by atoms with E-state index < -0.39 is 15.9 Å². The molecule has 5 N–H and O–H groups in total. The maximum atomic E-state index is 12.3. The molecule has 0 aromatic heterocycles. The molecule has 0 aliphatic heterocycles. The summed E-state index contributed by atoms with van der Waals surface area (Å²) in [6.07, 6.45) is 4.30. The third-order valence-electron chi connectivity index (χ3n) is 4.08. The fourth-order valence-electron chi connectivity index (χ4n) is 2.70. The molecular formula is C14H21N3O3S. The van der Waals surface area contributed by atoms with Crippen LogP contribution in [-0.4, -0.2) is 20.9 Å². The van der Waals surface area contributed by atoms with Crippen LogP contribution in [0.4, 0.5) is 5.69 Å². The van der Waals surface area contributed by atoms with E-state index in [1.165, 1.54) is 18.2 Å². The Morgan fingerprint density at radius 2 is 1.95 bits per heavy atom. The van der Waals surface area contributed by atoms with Crippen LogP contribution in [0, 0.1) is 5.41 Å². The molecule has 0 saturated heterocycles. The lowest BCUT2D eigenvalue weighted by Crippen LogP contribution is -2.34. The fraction of sp³-hybridized carbons (Fsp3) is 0.500. The highest BCUT2D eigenvalue weighted by molar-refractivity contribution is 7.89. The number of rotatable bonds is 5. The highest BCUT2D eigenvalue weighted by atomic mass is 32.2. The number of anilines is 1. The first-order chi connectivity index (χ1) is 9.73. The fourth-order valence-corrected chi connectivity index (χ4v) is 4.01. The highest BCUT2D eigenvalue weighted by Gasteiger charge is 2.30. The molecule has 2 rings (SSSR count). The Labute approximate surface area is 124 Å². The molecule has 0 radical (unpaired) electrons. The first-order valence-electron chi connectivity index (χ1n) is 6.93. The average molecular weight is 311 g/mol. The van der Waals surface area contributed by atoms with Gasteiger partial charge in [-0.2, -0.15) is 0 Å². The number of nitrogen functional groups attached to an aromatic ring is 1. The summed E-state index contributed by atoms with van der Waals surface area (Å²) >= 11 is 0. The van der Waals surface area contributed by atoms with Crippen LogP contribution >= 0.6 is 0 Å². The molecule has 1 aromatic rings. The lowest BCUT2D eigenvalue weighted by atomic mass is 9.89. The minimum absolute atomic E-state index is 0.00893. The van der Waals surface area contributed by atoms with Gasteiger partial charge in [0.1, 0.15) is 4.90 Å². The number of primary amides is 1. The summed E-state index contributed by atoms with van der Waals surface area (Å²) in [6, 6.07) is 3.97. The van der Waals surface area contributed by atoms with Gasteiger partial charge in [-0.05, 0) is 36.5 Å². The van der Waals surface area contributed by atoms with Crippen molar-refractivity contribution < 1.29 is 13.2 Å². The SMILES string of the molecule is CC1(CNS(=O)(=O)c2ccc(C(N)=O)cc2N)CCCC1. The van der Waals surface area contributed by atoms with E-state index in [0.717, 1.165) is 25.7 Å². The van der Waals surface area contributed by atoms with Crippen LogP contribution in [0.15, 0.2) is 23.1 Å². The van der Waals surface area contributed by atoms with Gasteiger partial charge in [0.25, 0.3) is 0 Å². The highest BCUT2D eigenvalue weighted by Crippen LogP contribution is 2.37. The number of carbonyl (C=O) groups is 1. The molecule has 116 valence electrons. The van der Waals surface area contributed by atoms with Crippen molar-refractivity contribution >= 4 is 21.6 Å². The van der Waals surface area contributed by atoms with Crippen LogP contribution in [-0.2, 0) is 10.0 Å². The van der Waals surface area contributed by atoms with E-state index >= 15 is 0 Å². The summed E-state index contributed by atoms with van der Waals surface area (Å²) in [4.78, 5) is 11.0. The second-order valence-electron chi connectivity index (χ2n) is 5.96. The molecule has 21 heavy (non-hydrogen) atoms. The molecule has 1 amide bonds. The van der Waals surface area contributed by atoms with E-state index in [4.69, 9.17) is 11.5 Å². The third kappa shape index (κ3) is 3.54. The van der Waals surface area contributed by atoms with Gasteiger partial charge < -0.3 is 11.5 Å². The number of benzene rings is 1. The van der Waals surface area contributed by atoms with Crippen LogP contribution in [0.5, 0.6) is 0 Å². The summed E-state index contributed by atoms with van der Waals surface area (Å²) in [5.74, 6) is -0.642. The topological polar surface area (TPSA) is 115 Å². The molecule has 7 heteroatoms. The number of carbonyl (C=O) groups excluding carboxylic acids is 1. The predicted octanol–water partition coefficient (Wildman–Crippen LogP) is 1.23. The van der Waals surface area contributed by atoms with Crippen molar-refractivity contribution in [3.63, 3.8) is 0 Å². The molecule has 0 unspecified atom stereocenters. The van der Waals surface area contributed by atoms with Crippen LogP contribution in [0.25, 0.3) is 0 Å². The van der Waals surface area contributed by atoms with Crippen molar-refractivity contribution in [2.45, 2.75) is 37.5 Å². The van der Waals surface area contributed by atoms with Gasteiger partial charge in [0.15, 0.2) is 0 Å². The van der Waals surface area contributed by atoms with Crippen molar-refractivity contribution in [2.75, 3.05) is 12.3 Å². The van der Waals surface area contributed by atoms with Crippen molar-refractivity contribution in [1.29, 1.82) is 0 Å². The standard InChI is InChI=1S/C14H21N3O3S/c1-14(6-2-3-7-14)9-17-21(19,20)12-5-4-10(13(16)18)8-11(12)15/h4-5,8,17H,2-3,6-7,9,15H2,1H3,(H2,16,18). The quantitative estimate of drug-likeness (QED) is 0.709. The van der Waals surface area contributed by atoms with Crippen LogP contribution in [0.2, 0.25) is 0 Å². The lowest BCUT2D eigenvalue weighted by Gasteiger charge is -2.23. The first kappa shape index (κ1) is 15.8. The van der Waals surface area contributed by atoms with Gasteiger partial charge in [-0.1, -0.05) is 19.8 Å². The largest absolute Gasteiger partial charge is 0.398 e. The molecule has 1 aliphatic rings. The monoisotopic (exact) mass is 311 g/mol. The lowest BCUT2D eigenvalue weighted by molar-refractivity contribution is 0.1000. The van der Waals surface area contributed by atoms with E-state index in [-0.39, 0.29) is 21.6 Å². The van der Waals surface area contributed by atoms with Crippen molar-refractivity contribution in [2.24, 2.45) is 11.1 Å². The second-order valence-corrected chi connectivity index (χ2v) is 7.69. The third-order valence-corrected chi connectivity index (χ3v) is 5.56. The molecule has 1 aliphatic carbocycles. The summed E-state index contributed by atoms with van der Waals surface area (Å²) in [6.45, 7) is 2.48. The van der Waals surface area contributed by atoms with E-state index in [1.807, 2.05) is 0 Å². The molecule has 0 bridgehead atoms. The zero-order valence-corrected chi connectivity index (χ0v) is 12.9. The summed E-state index contributed by atoms with van der Waals surface area (Å²) in [5.41, 5.74) is 11.1. The Bertz CT molecular complexity index is 649. The molecule has 0 atom stereocenters. The summed E-state index contributed by atoms with van der Waals surface area (Å²) < 4.78 is 27.3. The number of hydrogen-bond donors (Lipinski definition) is 3. The Morgan fingerprint density at radius 1 is 1.33 bits per heavy atom. The van der Waals surface area contributed by atoms with Gasteiger partial charge in [-0.15, -0.1) is 0 Å². The minimum Gasteiger partial charge on any atom is -0.398 e. The van der Waals surface area contributed by atoms with Crippen LogP contribution in [0.1, 0.15) is 43.0 Å². The van der Waals surface area contributed by atoms with E-state index in [9.17, 15) is 13.2 Å². The molecule has 1 fully saturated rings. The van der Waals surface area contributed by atoms with Gasteiger partial charge >= 0.3 is 0 Å². The average Bonchev–Trinajstić information content (AvgIpc) is 2.84. The molecule has 6 nitrogen and oxygen atoms in total. The normalized spacial score (nSPS) is 17.8. The number of amides is 1. The van der Waals surface area contributed by atoms with E-state index in [2.05, 4.69) is 11.6 Å². The smallest absolute Gasteiger partial charge is 0.248 e. The molecule has 0 heterocycles. The van der Waals surface area contributed by atoms with Crippen molar-refractivity contribution in [1.82, 2.24) is 4.72 Å². The predicted molar refractivity (Wildman–Crippen MR) is 81.1 cm³/mol. The van der Waals surface area contributed by atoms with Crippen molar-refractivity contribution in [3.05, 3.63) is 23.8 Å². The van der Waals surface area contributed by atoms with Gasteiger partial charge in [-0.3, -0.25) is 4.79 Å². The van der Waals surface area contributed by atoms with E-state index in [0.29, 0.717) is 6.54 Å². The molecule has 1 saturated carbocycles. The van der Waals surface area contributed by atoms with Gasteiger partial charge in [0.05, 0.1) is 5.69 Å². The Morgan fingerprint density at radius 3 is 2.48 bits per heavy atom. The Balaban J connectivity index is 2.17. The second kappa shape index (κ2) is 5.65. The molecule has 0 spiro atoms. The number of hydrogen-bond acceptors (Lipinski definition) is 4. The van der Waals surface area contributed by atoms with E-state index in [1.54, 1.807) is 0 Å². The van der Waals surface area contributed by atoms with Crippen LogP contribution < -0.4 is 16.2 Å². The number of nitrogens with two attached hydrogens (primary N) is 2. The minimum atomic E-state index is -3.69. The van der Waals surface area contributed by atoms with Crippen molar-refractivity contribution in [3.8, 4) is 0 Å². The number of nitrogens with one attached hydrogen (secondary N) is 1. The Kier molecular flexibility index (Phi) is 4.25. The molecular weight excluding hydrogens is 290 g/mol. The van der Waals surface area contributed by atoms with Gasteiger partial charge in [-0.25, -0.2) is 13.1 Å². The number of sulfonamides is 1. The van der Waals surface area contributed by atoms with Gasteiger partial charge in [0.2, 0.25) is 15.9 Å². The van der Waals surface area contributed by atoms with Crippen LogP contribution in [0.3, 0.4) is 0 Å². The Hall–Kier alpha value is -1.60. The molecule has 1 aromatic carbocycles.